The maximum Gasteiger partial charge on any atom is 0.242 e. The number of benzene rings is 2. The van der Waals surface area contributed by atoms with Crippen LogP contribution in [-0.2, 0) is 17.9 Å². The number of ketones is 1. The number of rotatable bonds is 12. The summed E-state index contributed by atoms with van der Waals surface area (Å²) in [7, 11) is 1.58. The first-order valence-electron chi connectivity index (χ1n) is 12.3. The smallest absolute Gasteiger partial charge is 0.242 e. The first kappa shape index (κ1) is 26.4. The Balaban J connectivity index is 2.00. The van der Waals surface area contributed by atoms with Crippen LogP contribution in [-0.4, -0.2) is 51.4 Å². The molecule has 2 aromatic carbocycles. The van der Waals surface area contributed by atoms with Crippen molar-refractivity contribution in [2.24, 2.45) is 11.8 Å². The van der Waals surface area contributed by atoms with Crippen molar-refractivity contribution in [2.45, 2.75) is 53.7 Å². The number of carbonyl (C=O) groups is 2. The minimum atomic E-state index is -0.270. The van der Waals surface area contributed by atoms with Crippen molar-refractivity contribution in [2.75, 3.05) is 20.2 Å². The summed E-state index contributed by atoms with van der Waals surface area (Å²) >= 11 is 0. The predicted octanol–water partition coefficient (Wildman–Crippen LogP) is 4.69. The van der Waals surface area contributed by atoms with E-state index in [0.717, 1.165) is 18.4 Å². The van der Waals surface area contributed by atoms with Crippen molar-refractivity contribution < 1.29 is 19.4 Å². The first-order valence-corrected chi connectivity index (χ1v) is 12.3. The maximum absolute atomic E-state index is 13.5. The van der Waals surface area contributed by atoms with E-state index in [4.69, 9.17) is 4.74 Å². The van der Waals surface area contributed by atoms with Gasteiger partial charge in [0, 0.05) is 24.7 Å². The molecule has 1 heterocycles. The molecule has 1 aromatic heterocycles. The summed E-state index contributed by atoms with van der Waals surface area (Å²) in [6.07, 6.45) is 1.84. The highest BCUT2D eigenvalue weighted by Gasteiger charge is 2.23. The van der Waals surface area contributed by atoms with E-state index in [-0.39, 0.29) is 30.7 Å². The molecular formula is C28H37N3O4. The topological polar surface area (TPSA) is 84.7 Å². The third kappa shape index (κ3) is 6.69. The molecule has 0 spiro atoms. The number of carbonyl (C=O) groups excluding carboxylic acids is 2. The highest BCUT2D eigenvalue weighted by atomic mass is 16.5. The first-order chi connectivity index (χ1) is 16.7. The zero-order chi connectivity index (χ0) is 25.5. The van der Waals surface area contributed by atoms with E-state index in [1.54, 1.807) is 48.1 Å². The second-order valence-corrected chi connectivity index (χ2v) is 9.81. The largest absolute Gasteiger partial charge is 0.497 e. The monoisotopic (exact) mass is 479 g/mol. The van der Waals surface area contributed by atoms with Gasteiger partial charge in [0.05, 0.1) is 24.8 Å². The molecule has 1 amide bonds. The molecule has 0 radical (unpaired) electrons. The van der Waals surface area contributed by atoms with E-state index in [1.165, 1.54) is 0 Å². The summed E-state index contributed by atoms with van der Waals surface area (Å²) in [6.45, 7) is 9.91. The third-order valence-corrected chi connectivity index (χ3v) is 6.16. The SMILES string of the molecule is COc1ccc2nc(C(=O)c3ccc(CO)cc3)n(CC(=O)N(CCC(C)C)CCC(C)C)c2c1. The summed E-state index contributed by atoms with van der Waals surface area (Å²) in [5.41, 5.74) is 2.49. The van der Waals surface area contributed by atoms with Crippen molar-refractivity contribution in [1.29, 1.82) is 0 Å². The Hall–Kier alpha value is -3.19. The molecule has 188 valence electrons. The van der Waals surface area contributed by atoms with Crippen LogP contribution < -0.4 is 4.74 Å². The summed E-state index contributed by atoms with van der Waals surface area (Å²) in [6, 6.07) is 12.2. The fraction of sp³-hybridized carbons (Fsp3) is 0.464. The normalized spacial score (nSPS) is 11.4. The number of ether oxygens (including phenoxy) is 1. The Morgan fingerprint density at radius 3 is 2.17 bits per heavy atom. The van der Waals surface area contributed by atoms with Gasteiger partial charge in [-0.2, -0.15) is 0 Å². The Kier molecular flexibility index (Phi) is 9.04. The molecule has 3 rings (SSSR count). The molecule has 7 heteroatoms. The molecular weight excluding hydrogens is 442 g/mol. The van der Waals surface area contributed by atoms with Crippen LogP contribution in [0.5, 0.6) is 5.75 Å². The highest BCUT2D eigenvalue weighted by molar-refractivity contribution is 6.08. The molecule has 3 aromatic rings. The minimum Gasteiger partial charge on any atom is -0.497 e. The van der Waals surface area contributed by atoms with Crippen LogP contribution in [0, 0.1) is 11.8 Å². The summed E-state index contributed by atoms with van der Waals surface area (Å²) in [4.78, 5) is 33.5. The number of imidazole rings is 1. The molecule has 0 saturated heterocycles. The molecule has 0 bridgehead atoms. The Morgan fingerprint density at radius 1 is 1.00 bits per heavy atom. The third-order valence-electron chi connectivity index (χ3n) is 6.16. The van der Waals surface area contributed by atoms with Crippen LogP contribution >= 0.6 is 0 Å². The molecule has 0 aliphatic carbocycles. The van der Waals surface area contributed by atoms with E-state index in [0.29, 0.717) is 47.3 Å². The van der Waals surface area contributed by atoms with E-state index >= 15 is 0 Å². The van der Waals surface area contributed by atoms with Crippen LogP contribution in [0.3, 0.4) is 0 Å². The lowest BCUT2D eigenvalue weighted by Crippen LogP contribution is -2.37. The Labute approximate surface area is 207 Å². The molecule has 35 heavy (non-hydrogen) atoms. The van der Waals surface area contributed by atoms with Gasteiger partial charge in [-0.05, 0) is 42.4 Å². The number of hydrogen-bond acceptors (Lipinski definition) is 5. The summed E-state index contributed by atoms with van der Waals surface area (Å²) in [5.74, 6) is 1.52. The number of nitrogens with zero attached hydrogens (tertiary/aromatic N) is 3. The lowest BCUT2D eigenvalue weighted by atomic mass is 10.1. The zero-order valence-corrected chi connectivity index (χ0v) is 21.5. The molecule has 0 atom stereocenters. The van der Waals surface area contributed by atoms with Crippen LogP contribution in [0.25, 0.3) is 11.0 Å². The fourth-order valence-corrected chi connectivity index (χ4v) is 3.88. The van der Waals surface area contributed by atoms with Crippen molar-refractivity contribution in [1.82, 2.24) is 14.5 Å². The van der Waals surface area contributed by atoms with Crippen LogP contribution in [0.15, 0.2) is 42.5 Å². The summed E-state index contributed by atoms with van der Waals surface area (Å²) < 4.78 is 7.10. The lowest BCUT2D eigenvalue weighted by molar-refractivity contribution is -0.132. The van der Waals surface area contributed by atoms with Gasteiger partial charge in [0.1, 0.15) is 12.3 Å². The maximum atomic E-state index is 13.5. The van der Waals surface area contributed by atoms with Gasteiger partial charge in [0.2, 0.25) is 11.7 Å². The van der Waals surface area contributed by atoms with Gasteiger partial charge in [-0.15, -0.1) is 0 Å². The standard InChI is InChI=1S/C28H37N3O4/c1-19(2)12-14-30(15-13-20(3)4)26(33)17-31-25-16-23(35-5)10-11-24(25)29-28(31)27(34)22-8-6-21(18-32)7-9-22/h6-11,16,19-20,32H,12-15,17-18H2,1-5H3. The average molecular weight is 480 g/mol. The van der Waals surface area contributed by atoms with Gasteiger partial charge in [0.25, 0.3) is 0 Å². The quantitative estimate of drug-likeness (QED) is 0.381. The number of aromatic nitrogens is 2. The van der Waals surface area contributed by atoms with Gasteiger partial charge >= 0.3 is 0 Å². The molecule has 7 nitrogen and oxygen atoms in total. The summed E-state index contributed by atoms with van der Waals surface area (Å²) in [5, 5.41) is 9.32. The second kappa shape index (κ2) is 12.0. The number of aliphatic hydroxyl groups is 1. The molecule has 0 aliphatic heterocycles. The van der Waals surface area contributed by atoms with Gasteiger partial charge in [-0.3, -0.25) is 9.59 Å². The van der Waals surface area contributed by atoms with Gasteiger partial charge in [-0.25, -0.2) is 4.98 Å². The lowest BCUT2D eigenvalue weighted by Gasteiger charge is -2.25. The predicted molar refractivity (Wildman–Crippen MR) is 138 cm³/mol. The number of hydrogen-bond donors (Lipinski definition) is 1. The number of methoxy groups -OCH3 is 1. The van der Waals surface area contributed by atoms with E-state index in [2.05, 4.69) is 32.7 Å². The number of fused-ring (bicyclic) bond motifs is 1. The minimum absolute atomic E-state index is 0.0235. The van der Waals surface area contributed by atoms with E-state index < -0.39 is 0 Å². The van der Waals surface area contributed by atoms with Crippen LogP contribution in [0.4, 0.5) is 0 Å². The van der Waals surface area contributed by atoms with Crippen LogP contribution in [0.2, 0.25) is 0 Å². The molecule has 1 N–H and O–H groups in total. The van der Waals surface area contributed by atoms with Crippen molar-refractivity contribution in [3.05, 3.63) is 59.4 Å². The van der Waals surface area contributed by atoms with Crippen molar-refractivity contribution in [3.63, 3.8) is 0 Å². The van der Waals surface area contributed by atoms with Crippen molar-refractivity contribution in [3.8, 4) is 5.75 Å². The Bertz CT molecular complexity index is 1140. The molecule has 0 fully saturated rings. The van der Waals surface area contributed by atoms with Gasteiger partial charge in [0.15, 0.2) is 5.82 Å². The Morgan fingerprint density at radius 2 is 1.63 bits per heavy atom. The van der Waals surface area contributed by atoms with E-state index in [1.807, 2.05) is 11.0 Å². The second-order valence-electron chi connectivity index (χ2n) is 9.81. The zero-order valence-electron chi connectivity index (χ0n) is 21.5. The van der Waals surface area contributed by atoms with Crippen LogP contribution in [0.1, 0.15) is 62.3 Å². The highest BCUT2D eigenvalue weighted by Crippen LogP contribution is 2.24. The van der Waals surface area contributed by atoms with Gasteiger partial charge in [-0.1, -0.05) is 52.0 Å². The number of amides is 1. The van der Waals surface area contributed by atoms with E-state index in [9.17, 15) is 14.7 Å². The molecule has 0 unspecified atom stereocenters. The average Bonchev–Trinajstić information content (AvgIpc) is 3.20. The number of aliphatic hydroxyl groups excluding tert-OH is 1. The molecule has 0 saturated carbocycles. The van der Waals surface area contributed by atoms with Gasteiger partial charge < -0.3 is 19.3 Å². The van der Waals surface area contributed by atoms with Crippen molar-refractivity contribution >= 4 is 22.7 Å². The fourth-order valence-electron chi connectivity index (χ4n) is 3.88. The molecule has 0 aliphatic rings.